The molecule has 1 saturated carbocycles. The van der Waals surface area contributed by atoms with Crippen LogP contribution in [0.4, 0.5) is 0 Å². The molecule has 20 heavy (non-hydrogen) atoms. The predicted molar refractivity (Wildman–Crippen MR) is 80.6 cm³/mol. The van der Waals surface area contributed by atoms with Crippen LogP contribution in [0, 0.1) is 5.92 Å². The Morgan fingerprint density at radius 3 is 2.75 bits per heavy atom. The molecule has 1 amide bonds. The van der Waals surface area contributed by atoms with Crippen molar-refractivity contribution in [1.29, 1.82) is 0 Å². The topological polar surface area (TPSA) is 42.0 Å². The monoisotopic (exact) mass is 268 g/mol. The van der Waals surface area contributed by atoms with Crippen LogP contribution in [0.1, 0.15) is 43.0 Å². The second-order valence-corrected chi connectivity index (χ2v) is 5.85. The van der Waals surface area contributed by atoms with E-state index in [-0.39, 0.29) is 5.91 Å². The van der Waals surface area contributed by atoms with Gasteiger partial charge in [0.05, 0.1) is 11.1 Å². The first-order valence-corrected chi connectivity index (χ1v) is 7.38. The lowest BCUT2D eigenvalue weighted by molar-refractivity contribution is 0.0923. The molecule has 2 aromatic rings. The number of aromatic nitrogens is 1. The average Bonchev–Trinajstić information content (AvgIpc) is 2.49. The lowest BCUT2D eigenvalue weighted by Gasteiger charge is -2.26. The summed E-state index contributed by atoms with van der Waals surface area (Å²) in [6, 6.07) is 10.1. The van der Waals surface area contributed by atoms with Gasteiger partial charge in [0.15, 0.2) is 0 Å². The number of rotatable bonds is 2. The third-order valence-electron chi connectivity index (χ3n) is 4.20. The molecule has 3 rings (SSSR count). The van der Waals surface area contributed by atoms with Crippen LogP contribution >= 0.6 is 0 Å². The van der Waals surface area contributed by atoms with Gasteiger partial charge >= 0.3 is 0 Å². The number of pyridine rings is 1. The largest absolute Gasteiger partial charge is 0.349 e. The number of nitrogens with one attached hydrogen (secondary N) is 1. The van der Waals surface area contributed by atoms with Gasteiger partial charge in [0, 0.05) is 17.6 Å². The number of fused-ring (bicyclic) bond motifs is 1. The zero-order valence-electron chi connectivity index (χ0n) is 11.8. The molecule has 0 bridgehead atoms. The van der Waals surface area contributed by atoms with Crippen LogP contribution in [0.3, 0.4) is 0 Å². The summed E-state index contributed by atoms with van der Waals surface area (Å²) >= 11 is 0. The quantitative estimate of drug-likeness (QED) is 0.905. The van der Waals surface area contributed by atoms with E-state index in [2.05, 4.69) is 17.2 Å². The highest BCUT2D eigenvalue weighted by Crippen LogP contribution is 2.23. The maximum absolute atomic E-state index is 12.3. The minimum atomic E-state index is 0.00260. The molecular formula is C17H20N2O. The first-order chi connectivity index (χ1) is 9.72. The van der Waals surface area contributed by atoms with Gasteiger partial charge in [-0.05, 0) is 43.7 Å². The van der Waals surface area contributed by atoms with Crippen LogP contribution in [0.2, 0.25) is 0 Å². The molecule has 1 aromatic carbocycles. The normalized spacial score (nSPS) is 22.6. The van der Waals surface area contributed by atoms with E-state index in [1.807, 2.05) is 30.3 Å². The Morgan fingerprint density at radius 1 is 1.20 bits per heavy atom. The molecule has 1 N–H and O–H groups in total. The van der Waals surface area contributed by atoms with Gasteiger partial charge in [0.25, 0.3) is 5.91 Å². The van der Waals surface area contributed by atoms with Gasteiger partial charge in [-0.15, -0.1) is 0 Å². The van der Waals surface area contributed by atoms with Crippen molar-refractivity contribution in [3.63, 3.8) is 0 Å². The zero-order chi connectivity index (χ0) is 13.9. The van der Waals surface area contributed by atoms with Crippen molar-refractivity contribution in [2.75, 3.05) is 0 Å². The third-order valence-corrected chi connectivity index (χ3v) is 4.20. The molecule has 104 valence electrons. The number of para-hydroxylation sites is 1. The maximum Gasteiger partial charge on any atom is 0.253 e. The van der Waals surface area contributed by atoms with E-state index in [9.17, 15) is 4.79 Å². The van der Waals surface area contributed by atoms with Crippen molar-refractivity contribution in [1.82, 2.24) is 10.3 Å². The summed E-state index contributed by atoms with van der Waals surface area (Å²) in [5, 5.41) is 4.15. The highest BCUT2D eigenvalue weighted by molar-refractivity contribution is 5.97. The molecule has 0 spiro atoms. The molecule has 0 atom stereocenters. The van der Waals surface area contributed by atoms with Gasteiger partial charge in [-0.2, -0.15) is 0 Å². The average molecular weight is 268 g/mol. The molecule has 1 heterocycles. The van der Waals surface area contributed by atoms with Gasteiger partial charge in [0.1, 0.15) is 0 Å². The van der Waals surface area contributed by atoms with E-state index >= 15 is 0 Å². The Kier molecular flexibility index (Phi) is 3.68. The fraction of sp³-hybridized carbons (Fsp3) is 0.412. The Hall–Kier alpha value is -1.90. The smallest absolute Gasteiger partial charge is 0.253 e. The summed E-state index contributed by atoms with van der Waals surface area (Å²) < 4.78 is 0. The SMILES string of the molecule is C[C@H]1CC[C@H](NC(=O)c2cnc3ccccc3c2)CC1. The minimum Gasteiger partial charge on any atom is -0.349 e. The van der Waals surface area contributed by atoms with Crippen LogP contribution in [0.5, 0.6) is 0 Å². The van der Waals surface area contributed by atoms with Crippen molar-refractivity contribution in [3.05, 3.63) is 42.1 Å². The number of benzene rings is 1. The number of nitrogens with zero attached hydrogens (tertiary/aromatic N) is 1. The number of carbonyl (C=O) groups is 1. The van der Waals surface area contributed by atoms with E-state index in [1.165, 1.54) is 12.8 Å². The number of amides is 1. The van der Waals surface area contributed by atoms with Crippen LogP contribution < -0.4 is 5.32 Å². The predicted octanol–water partition coefficient (Wildman–Crippen LogP) is 3.54. The molecule has 1 aromatic heterocycles. The van der Waals surface area contributed by atoms with Crippen molar-refractivity contribution in [3.8, 4) is 0 Å². The van der Waals surface area contributed by atoms with E-state index in [1.54, 1.807) is 6.20 Å². The Labute approximate surface area is 119 Å². The van der Waals surface area contributed by atoms with E-state index in [0.29, 0.717) is 11.6 Å². The molecule has 0 radical (unpaired) electrons. The fourth-order valence-electron chi connectivity index (χ4n) is 2.87. The highest BCUT2D eigenvalue weighted by atomic mass is 16.1. The van der Waals surface area contributed by atoms with Crippen LogP contribution in [0.25, 0.3) is 10.9 Å². The van der Waals surface area contributed by atoms with Crippen LogP contribution in [-0.2, 0) is 0 Å². The molecule has 0 aliphatic heterocycles. The standard InChI is InChI=1S/C17H20N2O/c1-12-6-8-15(9-7-12)19-17(20)14-10-13-4-2-3-5-16(13)18-11-14/h2-5,10-12,15H,6-9H2,1H3,(H,19,20)/t12-,15-. The van der Waals surface area contributed by atoms with Crippen molar-refractivity contribution in [2.45, 2.75) is 38.6 Å². The molecule has 1 fully saturated rings. The van der Waals surface area contributed by atoms with Gasteiger partial charge in [-0.1, -0.05) is 25.1 Å². The summed E-state index contributed by atoms with van der Waals surface area (Å²) in [5.41, 5.74) is 1.58. The minimum absolute atomic E-state index is 0.00260. The lowest BCUT2D eigenvalue weighted by Crippen LogP contribution is -2.37. The third kappa shape index (κ3) is 2.82. The summed E-state index contributed by atoms with van der Waals surface area (Å²) in [7, 11) is 0. The Morgan fingerprint density at radius 2 is 1.95 bits per heavy atom. The first-order valence-electron chi connectivity index (χ1n) is 7.38. The van der Waals surface area contributed by atoms with E-state index in [4.69, 9.17) is 0 Å². The second-order valence-electron chi connectivity index (χ2n) is 5.85. The summed E-state index contributed by atoms with van der Waals surface area (Å²) in [6.45, 7) is 2.28. The van der Waals surface area contributed by atoms with Gasteiger partial charge in [0.2, 0.25) is 0 Å². The number of hydrogen-bond acceptors (Lipinski definition) is 2. The van der Waals surface area contributed by atoms with Crippen LogP contribution in [-0.4, -0.2) is 16.9 Å². The molecule has 0 unspecified atom stereocenters. The summed E-state index contributed by atoms with van der Waals surface area (Å²) in [4.78, 5) is 16.6. The summed E-state index contributed by atoms with van der Waals surface area (Å²) in [6.07, 6.45) is 6.27. The van der Waals surface area contributed by atoms with Crippen molar-refractivity contribution in [2.24, 2.45) is 5.92 Å². The van der Waals surface area contributed by atoms with Crippen LogP contribution in [0.15, 0.2) is 36.5 Å². The van der Waals surface area contributed by atoms with Gasteiger partial charge in [-0.25, -0.2) is 0 Å². The second kappa shape index (κ2) is 5.61. The van der Waals surface area contributed by atoms with Gasteiger partial charge in [-0.3, -0.25) is 9.78 Å². The maximum atomic E-state index is 12.3. The van der Waals surface area contributed by atoms with Crippen molar-refractivity contribution < 1.29 is 4.79 Å². The first kappa shape index (κ1) is 13.1. The van der Waals surface area contributed by atoms with E-state index < -0.39 is 0 Å². The zero-order valence-corrected chi connectivity index (χ0v) is 11.8. The molecule has 3 heteroatoms. The summed E-state index contributed by atoms with van der Waals surface area (Å²) in [5.74, 6) is 0.799. The number of carbonyl (C=O) groups excluding carboxylic acids is 1. The van der Waals surface area contributed by atoms with Gasteiger partial charge < -0.3 is 5.32 Å². The molecule has 1 aliphatic rings. The Bertz CT molecular complexity index is 615. The Balaban J connectivity index is 1.72. The molecule has 3 nitrogen and oxygen atoms in total. The fourth-order valence-corrected chi connectivity index (χ4v) is 2.87. The van der Waals surface area contributed by atoms with E-state index in [0.717, 1.165) is 29.7 Å². The lowest BCUT2D eigenvalue weighted by atomic mass is 9.87. The molecule has 0 saturated heterocycles. The highest BCUT2D eigenvalue weighted by Gasteiger charge is 2.20. The number of hydrogen-bond donors (Lipinski definition) is 1. The van der Waals surface area contributed by atoms with Crippen molar-refractivity contribution >= 4 is 16.8 Å². The molecule has 1 aliphatic carbocycles. The molecular weight excluding hydrogens is 248 g/mol.